The lowest BCUT2D eigenvalue weighted by atomic mass is 10.4. The summed E-state index contributed by atoms with van der Waals surface area (Å²) in [6.45, 7) is 3.85. The van der Waals surface area contributed by atoms with E-state index in [1.165, 1.54) is 6.07 Å². The fraction of sp³-hybridized carbons (Fsp3) is 0.294. The van der Waals surface area contributed by atoms with Crippen molar-refractivity contribution in [3.8, 4) is 0 Å². The van der Waals surface area contributed by atoms with Crippen molar-refractivity contribution in [2.24, 2.45) is 5.14 Å². The van der Waals surface area contributed by atoms with Crippen LogP contribution in [0.2, 0.25) is 10.3 Å². The smallest absolute Gasteiger partial charge is 0.232 e. The van der Waals surface area contributed by atoms with Gasteiger partial charge in [-0.2, -0.15) is 14.7 Å². The Morgan fingerprint density at radius 1 is 0.966 bits per heavy atom. The largest absolute Gasteiger partial charge is 0.257 e. The van der Waals surface area contributed by atoms with E-state index in [9.17, 15) is 8.42 Å². The fourth-order valence-corrected chi connectivity index (χ4v) is 3.71. The van der Waals surface area contributed by atoms with Gasteiger partial charge in [0.05, 0.1) is 17.6 Å². The predicted octanol–water partition coefficient (Wildman–Crippen LogP) is 3.17. The number of hydrogen-bond donors (Lipinski definition) is 1. The van der Waals surface area contributed by atoms with Crippen LogP contribution in [0.15, 0.2) is 35.5 Å². The lowest BCUT2D eigenvalue weighted by molar-refractivity contribution is 0.588. The lowest BCUT2D eigenvalue weighted by Crippen LogP contribution is -2.17. The first kappa shape index (κ1) is 23.0. The van der Waals surface area contributed by atoms with Crippen molar-refractivity contribution in [2.45, 2.75) is 39.1 Å². The molecule has 0 radical (unpaired) electrons. The normalized spacial score (nSPS) is 11.2. The molecule has 0 aliphatic carbocycles. The van der Waals surface area contributed by atoms with E-state index in [1.807, 2.05) is 12.3 Å². The minimum atomic E-state index is -3.87. The van der Waals surface area contributed by atoms with Crippen molar-refractivity contribution in [3.05, 3.63) is 52.2 Å². The third-order valence-electron chi connectivity index (χ3n) is 3.78. The molecule has 12 heteroatoms. The van der Waals surface area contributed by atoms with E-state index < -0.39 is 10.0 Å². The highest BCUT2D eigenvalue weighted by Gasteiger charge is 2.21. The molecule has 0 aromatic carbocycles. The van der Waals surface area contributed by atoms with Crippen molar-refractivity contribution in [1.29, 1.82) is 0 Å². The molecule has 4 heterocycles. The molecule has 0 unspecified atom stereocenters. The first-order valence-electron chi connectivity index (χ1n) is 8.30. The van der Waals surface area contributed by atoms with Crippen LogP contribution in [0.3, 0.4) is 0 Å². The molecule has 156 valence electrons. The summed E-state index contributed by atoms with van der Waals surface area (Å²) >= 11 is 11.4. The number of hydrogen-bond acceptors (Lipinski definition) is 6. The Kier molecular flexibility index (Phi) is 7.17. The fourth-order valence-electron chi connectivity index (χ4n) is 2.53. The molecule has 0 atom stereocenters. The Labute approximate surface area is 178 Å². The Morgan fingerprint density at radius 3 is 2.17 bits per heavy atom. The maximum atomic E-state index is 11.4. The number of aromatic nitrogens is 6. The first-order chi connectivity index (χ1) is 13.2. The summed E-state index contributed by atoms with van der Waals surface area (Å²) in [4.78, 5) is 8.44. The SMILES string of the molecule is C.CCc1cn2nc(Cl)ccc2n1.CCc1nc2ccc(Cl)nn2c1S(N)(=O)=O. The number of fused-ring (bicyclic) bond motifs is 2. The van der Waals surface area contributed by atoms with Crippen molar-refractivity contribution in [2.75, 3.05) is 0 Å². The summed E-state index contributed by atoms with van der Waals surface area (Å²) in [5.41, 5.74) is 2.67. The van der Waals surface area contributed by atoms with Gasteiger partial charge in [0.1, 0.15) is 10.3 Å². The van der Waals surface area contributed by atoms with Crippen LogP contribution < -0.4 is 5.14 Å². The molecule has 29 heavy (non-hydrogen) atoms. The van der Waals surface area contributed by atoms with Crippen molar-refractivity contribution < 1.29 is 8.42 Å². The standard InChI is InChI=1S/C8H9ClN4O2S.C8H8ClN3.CH4/c1-2-5-8(16(10,14)15)13-7(11-5)4-3-6(9)12-13;1-2-6-5-12-8(10-6)4-3-7(9)11-12;/h3-4H,2H2,1H3,(H2,10,14,15);3-5H,2H2,1H3;1H4. The van der Waals surface area contributed by atoms with Gasteiger partial charge in [-0.3, -0.25) is 0 Å². The Bertz CT molecular complexity index is 1250. The van der Waals surface area contributed by atoms with E-state index in [0.717, 1.165) is 22.3 Å². The van der Waals surface area contributed by atoms with E-state index in [0.29, 0.717) is 22.9 Å². The number of aryl methyl sites for hydroxylation is 2. The molecule has 4 aromatic rings. The van der Waals surface area contributed by atoms with Gasteiger partial charge in [0.25, 0.3) is 10.0 Å². The average Bonchev–Trinajstić information content (AvgIpc) is 3.21. The van der Waals surface area contributed by atoms with Gasteiger partial charge in [-0.15, -0.1) is 0 Å². The number of nitrogens with two attached hydrogens (primary N) is 1. The molecule has 0 saturated heterocycles. The average molecular weight is 458 g/mol. The quantitative estimate of drug-likeness (QED) is 0.504. The zero-order valence-corrected chi connectivity index (χ0v) is 17.4. The summed E-state index contributed by atoms with van der Waals surface area (Å²) in [6, 6.07) is 6.72. The zero-order chi connectivity index (χ0) is 20.5. The molecule has 0 amide bonds. The Balaban J connectivity index is 0.000000207. The van der Waals surface area contributed by atoms with Gasteiger partial charge in [-0.25, -0.2) is 28.0 Å². The van der Waals surface area contributed by atoms with Gasteiger partial charge >= 0.3 is 0 Å². The van der Waals surface area contributed by atoms with Gasteiger partial charge in [0.15, 0.2) is 16.3 Å². The van der Waals surface area contributed by atoms with Crippen LogP contribution in [0.4, 0.5) is 0 Å². The Hall–Kier alpha value is -2.27. The highest BCUT2D eigenvalue weighted by molar-refractivity contribution is 7.89. The molecule has 4 aromatic heterocycles. The van der Waals surface area contributed by atoms with Gasteiger partial charge in [0.2, 0.25) is 0 Å². The molecule has 0 saturated carbocycles. The second-order valence-electron chi connectivity index (χ2n) is 5.73. The summed E-state index contributed by atoms with van der Waals surface area (Å²) in [5.74, 6) is 0. The van der Waals surface area contributed by atoms with E-state index >= 15 is 0 Å². The second-order valence-corrected chi connectivity index (χ2v) is 7.98. The monoisotopic (exact) mass is 457 g/mol. The van der Waals surface area contributed by atoms with Crippen LogP contribution in [-0.4, -0.2) is 37.6 Å². The molecule has 0 aliphatic rings. The zero-order valence-electron chi connectivity index (χ0n) is 15.0. The van der Waals surface area contributed by atoms with Gasteiger partial charge < -0.3 is 0 Å². The third-order valence-corrected chi connectivity index (χ3v) is 5.13. The predicted molar refractivity (Wildman–Crippen MR) is 113 cm³/mol. The minimum absolute atomic E-state index is 0. The number of rotatable bonds is 3. The first-order valence-corrected chi connectivity index (χ1v) is 10.6. The highest BCUT2D eigenvalue weighted by atomic mass is 35.5. The van der Waals surface area contributed by atoms with Crippen LogP contribution >= 0.6 is 23.2 Å². The van der Waals surface area contributed by atoms with Crippen LogP contribution in [0.1, 0.15) is 32.7 Å². The maximum absolute atomic E-state index is 11.4. The minimum Gasteiger partial charge on any atom is -0.232 e. The van der Waals surface area contributed by atoms with E-state index in [-0.39, 0.29) is 17.6 Å². The number of halogens is 2. The molecular formula is C17H21Cl2N7O2S. The van der Waals surface area contributed by atoms with E-state index in [4.69, 9.17) is 28.3 Å². The molecule has 0 bridgehead atoms. The molecule has 0 fully saturated rings. The molecule has 0 spiro atoms. The van der Waals surface area contributed by atoms with E-state index in [2.05, 4.69) is 27.1 Å². The highest BCUT2D eigenvalue weighted by Crippen LogP contribution is 2.17. The maximum Gasteiger partial charge on any atom is 0.257 e. The van der Waals surface area contributed by atoms with Crippen LogP contribution in [-0.2, 0) is 22.9 Å². The summed E-state index contributed by atoms with van der Waals surface area (Å²) < 4.78 is 25.7. The number of primary sulfonamides is 1. The Morgan fingerprint density at radius 2 is 1.59 bits per heavy atom. The molecule has 0 aliphatic heterocycles. The summed E-state index contributed by atoms with van der Waals surface area (Å²) in [5, 5.41) is 13.6. The van der Waals surface area contributed by atoms with Crippen molar-refractivity contribution in [3.63, 3.8) is 0 Å². The number of imidazole rings is 2. The van der Waals surface area contributed by atoms with Crippen molar-refractivity contribution >= 4 is 44.5 Å². The lowest BCUT2D eigenvalue weighted by Gasteiger charge is -1.99. The number of nitrogens with zero attached hydrogens (tertiary/aromatic N) is 6. The topological polar surface area (TPSA) is 121 Å². The van der Waals surface area contributed by atoms with Crippen molar-refractivity contribution in [1.82, 2.24) is 29.2 Å². The molecule has 9 nitrogen and oxygen atoms in total. The molecular weight excluding hydrogens is 437 g/mol. The van der Waals surface area contributed by atoms with E-state index in [1.54, 1.807) is 23.6 Å². The van der Waals surface area contributed by atoms with Gasteiger partial charge in [-0.1, -0.05) is 44.5 Å². The summed E-state index contributed by atoms with van der Waals surface area (Å²) in [7, 11) is -3.87. The van der Waals surface area contributed by atoms with Crippen LogP contribution in [0.5, 0.6) is 0 Å². The van der Waals surface area contributed by atoms with Crippen LogP contribution in [0.25, 0.3) is 11.3 Å². The summed E-state index contributed by atoms with van der Waals surface area (Å²) in [6.07, 6.45) is 3.26. The second kappa shape index (κ2) is 9.04. The molecule has 2 N–H and O–H groups in total. The third kappa shape index (κ3) is 5.02. The van der Waals surface area contributed by atoms with Gasteiger partial charge in [0, 0.05) is 0 Å². The number of sulfonamides is 1. The van der Waals surface area contributed by atoms with Crippen LogP contribution in [0, 0.1) is 0 Å². The van der Waals surface area contributed by atoms with Gasteiger partial charge in [-0.05, 0) is 37.1 Å². The molecule has 4 rings (SSSR count).